The number of rotatable bonds is 4. The van der Waals surface area contributed by atoms with E-state index in [0.717, 1.165) is 0 Å². The number of ether oxygens (including phenoxy) is 1. The molecule has 138 valence electrons. The molecule has 7 nitrogen and oxygen atoms in total. The van der Waals surface area contributed by atoms with Crippen LogP contribution in [0.1, 0.15) is 17.5 Å². The number of hydrogen-bond donors (Lipinski definition) is 2. The van der Waals surface area contributed by atoms with Crippen LogP contribution >= 0.6 is 11.6 Å². The maximum atomic E-state index is 12.7. The lowest BCUT2D eigenvalue weighted by Crippen LogP contribution is -2.26. The van der Waals surface area contributed by atoms with Gasteiger partial charge in [-0.25, -0.2) is 4.79 Å². The fourth-order valence-electron chi connectivity index (χ4n) is 2.41. The van der Waals surface area contributed by atoms with Gasteiger partial charge in [0.25, 0.3) is 5.91 Å². The van der Waals surface area contributed by atoms with E-state index in [0.29, 0.717) is 21.7 Å². The highest BCUT2D eigenvalue weighted by molar-refractivity contribution is 6.38. The summed E-state index contributed by atoms with van der Waals surface area (Å²) < 4.78 is 10.3. The minimum absolute atomic E-state index is 0.0578. The third-order valence-electron chi connectivity index (χ3n) is 3.60. The fourth-order valence-corrected chi connectivity index (χ4v) is 2.54. The first-order valence-corrected chi connectivity index (χ1v) is 8.44. The number of nitrogens with one attached hydrogen (secondary N) is 2. The first-order valence-electron chi connectivity index (χ1n) is 8.06. The second-order valence-electron chi connectivity index (χ2n) is 5.44. The second-order valence-corrected chi connectivity index (χ2v) is 5.87. The van der Waals surface area contributed by atoms with Gasteiger partial charge < -0.3 is 19.8 Å². The summed E-state index contributed by atoms with van der Waals surface area (Å²) in [5.41, 5.74) is 0.973. The van der Waals surface area contributed by atoms with Crippen LogP contribution in [-0.2, 0) is 14.3 Å². The van der Waals surface area contributed by atoms with E-state index in [4.69, 9.17) is 16.0 Å². The molecule has 2 aromatic carbocycles. The Labute approximate surface area is 159 Å². The summed E-state index contributed by atoms with van der Waals surface area (Å²) in [4.78, 5) is 36.3. The minimum Gasteiger partial charge on any atom is -0.459 e. The van der Waals surface area contributed by atoms with Crippen molar-refractivity contribution in [3.05, 3.63) is 59.3 Å². The Kier molecular flexibility index (Phi) is 5.42. The highest BCUT2D eigenvalue weighted by Gasteiger charge is 2.25. The third-order valence-corrected chi connectivity index (χ3v) is 3.86. The zero-order valence-corrected chi connectivity index (χ0v) is 15.0. The molecule has 3 rings (SSSR count). The zero-order valence-electron chi connectivity index (χ0n) is 14.2. The van der Waals surface area contributed by atoms with Crippen molar-refractivity contribution in [2.45, 2.75) is 6.92 Å². The van der Waals surface area contributed by atoms with E-state index >= 15 is 0 Å². The SMILES string of the molecule is CCOC(=O)C(=O)Nc1c(C(=O)Nc2ccc(Cl)cc2)oc2ccccc12. The van der Waals surface area contributed by atoms with Gasteiger partial charge in [0, 0.05) is 16.1 Å². The predicted molar refractivity (Wildman–Crippen MR) is 101 cm³/mol. The van der Waals surface area contributed by atoms with E-state index < -0.39 is 17.8 Å². The molecule has 0 fully saturated rings. The first kappa shape index (κ1) is 18.5. The molecular formula is C19H15ClN2O5. The molecule has 0 bridgehead atoms. The smallest absolute Gasteiger partial charge is 0.397 e. The topological polar surface area (TPSA) is 97.6 Å². The Hall–Kier alpha value is -3.32. The summed E-state index contributed by atoms with van der Waals surface area (Å²) in [6.45, 7) is 1.64. The maximum Gasteiger partial charge on any atom is 0.397 e. The Morgan fingerprint density at radius 2 is 1.74 bits per heavy atom. The normalized spacial score (nSPS) is 10.4. The molecule has 0 spiro atoms. The van der Waals surface area contributed by atoms with E-state index in [1.54, 1.807) is 55.5 Å². The van der Waals surface area contributed by atoms with Crippen LogP contribution in [0.25, 0.3) is 11.0 Å². The molecule has 0 unspecified atom stereocenters. The van der Waals surface area contributed by atoms with Gasteiger partial charge in [-0.2, -0.15) is 0 Å². The quantitative estimate of drug-likeness (QED) is 0.524. The summed E-state index contributed by atoms with van der Waals surface area (Å²) >= 11 is 5.83. The Bertz CT molecular complexity index is 1010. The molecule has 0 saturated heterocycles. The number of hydrogen-bond acceptors (Lipinski definition) is 5. The van der Waals surface area contributed by atoms with Crippen LogP contribution in [-0.4, -0.2) is 24.4 Å². The number of furan rings is 1. The highest BCUT2D eigenvalue weighted by Crippen LogP contribution is 2.31. The Morgan fingerprint density at radius 3 is 2.44 bits per heavy atom. The van der Waals surface area contributed by atoms with Gasteiger partial charge in [-0.3, -0.25) is 9.59 Å². The van der Waals surface area contributed by atoms with Gasteiger partial charge in [-0.05, 0) is 43.3 Å². The van der Waals surface area contributed by atoms with Crippen molar-refractivity contribution in [3.63, 3.8) is 0 Å². The molecule has 0 radical (unpaired) electrons. The number of benzene rings is 2. The van der Waals surface area contributed by atoms with Crippen LogP contribution in [0.15, 0.2) is 52.9 Å². The average Bonchev–Trinajstić information content (AvgIpc) is 3.02. The lowest BCUT2D eigenvalue weighted by molar-refractivity contribution is -0.152. The molecule has 0 aliphatic carbocycles. The van der Waals surface area contributed by atoms with Gasteiger partial charge >= 0.3 is 11.9 Å². The summed E-state index contributed by atoms with van der Waals surface area (Å²) in [6.07, 6.45) is 0. The largest absolute Gasteiger partial charge is 0.459 e. The minimum atomic E-state index is -1.05. The predicted octanol–water partition coefficient (Wildman–Crippen LogP) is 3.84. The molecule has 27 heavy (non-hydrogen) atoms. The van der Waals surface area contributed by atoms with E-state index in [9.17, 15) is 14.4 Å². The number of amides is 2. The molecule has 1 aromatic heterocycles. The number of para-hydroxylation sites is 1. The molecule has 2 N–H and O–H groups in total. The van der Waals surface area contributed by atoms with Gasteiger partial charge in [-0.1, -0.05) is 23.7 Å². The summed E-state index contributed by atoms with van der Waals surface area (Å²) in [6, 6.07) is 13.3. The molecule has 8 heteroatoms. The van der Waals surface area contributed by atoms with Crippen molar-refractivity contribution in [1.29, 1.82) is 0 Å². The number of carbonyl (C=O) groups excluding carboxylic acids is 3. The molecule has 0 saturated carbocycles. The molecule has 0 aliphatic rings. The molecule has 0 aliphatic heterocycles. The number of anilines is 2. The number of esters is 1. The van der Waals surface area contributed by atoms with Crippen LogP contribution in [0.3, 0.4) is 0 Å². The lowest BCUT2D eigenvalue weighted by Gasteiger charge is -2.07. The number of fused-ring (bicyclic) bond motifs is 1. The molecule has 3 aromatic rings. The van der Waals surface area contributed by atoms with E-state index in [1.165, 1.54) is 0 Å². The Balaban J connectivity index is 1.94. The van der Waals surface area contributed by atoms with Crippen LogP contribution in [0.5, 0.6) is 0 Å². The number of carbonyl (C=O) groups is 3. The monoisotopic (exact) mass is 386 g/mol. The maximum absolute atomic E-state index is 12.7. The van der Waals surface area contributed by atoms with Crippen molar-refractivity contribution in [2.75, 3.05) is 17.2 Å². The third kappa shape index (κ3) is 4.09. The van der Waals surface area contributed by atoms with Gasteiger partial charge in [0.1, 0.15) is 11.3 Å². The molecular weight excluding hydrogens is 372 g/mol. The number of halogens is 1. The standard InChI is InChI=1S/C19H15ClN2O5/c1-2-26-19(25)18(24)22-15-13-5-3-4-6-14(13)27-16(15)17(23)21-12-9-7-11(20)8-10-12/h3-10H,2H2,1H3,(H,21,23)(H,22,24). The van der Waals surface area contributed by atoms with Crippen molar-refractivity contribution in [1.82, 2.24) is 0 Å². The van der Waals surface area contributed by atoms with Crippen molar-refractivity contribution in [3.8, 4) is 0 Å². The summed E-state index contributed by atoms with van der Waals surface area (Å²) in [5, 5.41) is 6.07. The van der Waals surface area contributed by atoms with Gasteiger partial charge in [0.2, 0.25) is 5.76 Å². The van der Waals surface area contributed by atoms with Crippen LogP contribution in [0.4, 0.5) is 11.4 Å². The highest BCUT2D eigenvalue weighted by atomic mass is 35.5. The molecule has 2 amide bonds. The van der Waals surface area contributed by atoms with Crippen LogP contribution < -0.4 is 10.6 Å². The Morgan fingerprint density at radius 1 is 1.04 bits per heavy atom. The average molecular weight is 387 g/mol. The molecule has 1 heterocycles. The van der Waals surface area contributed by atoms with Gasteiger partial charge in [0.05, 0.1) is 6.61 Å². The fraction of sp³-hybridized carbons (Fsp3) is 0.105. The molecule has 0 atom stereocenters. The summed E-state index contributed by atoms with van der Waals surface area (Å²) in [5.74, 6) is -2.77. The van der Waals surface area contributed by atoms with Crippen molar-refractivity contribution in [2.24, 2.45) is 0 Å². The van der Waals surface area contributed by atoms with Crippen LogP contribution in [0.2, 0.25) is 5.02 Å². The zero-order chi connectivity index (χ0) is 19.4. The van der Waals surface area contributed by atoms with E-state index in [1.807, 2.05) is 0 Å². The van der Waals surface area contributed by atoms with Crippen LogP contribution in [0, 0.1) is 0 Å². The second kappa shape index (κ2) is 7.92. The first-order chi connectivity index (χ1) is 13.0. The van der Waals surface area contributed by atoms with E-state index in [2.05, 4.69) is 15.4 Å². The van der Waals surface area contributed by atoms with E-state index in [-0.39, 0.29) is 18.1 Å². The van der Waals surface area contributed by atoms with Crippen molar-refractivity contribution < 1.29 is 23.5 Å². The lowest BCUT2D eigenvalue weighted by atomic mass is 10.2. The summed E-state index contributed by atoms with van der Waals surface area (Å²) in [7, 11) is 0. The van der Waals surface area contributed by atoms with Gasteiger partial charge in [-0.15, -0.1) is 0 Å². The van der Waals surface area contributed by atoms with Crippen molar-refractivity contribution >= 4 is 51.7 Å². The van der Waals surface area contributed by atoms with Gasteiger partial charge in [0.15, 0.2) is 0 Å².